The molecule has 3 aromatic rings. The molecule has 5 nitrogen and oxygen atoms in total. The van der Waals surface area contributed by atoms with E-state index in [1.807, 2.05) is 30.5 Å². The monoisotopic (exact) mass is 432 g/mol. The number of halogens is 1. The molecule has 1 aliphatic heterocycles. The average molecular weight is 433 g/mol. The molecule has 1 unspecified atom stereocenters. The number of amides is 1. The summed E-state index contributed by atoms with van der Waals surface area (Å²) in [6.45, 7) is 0.437. The van der Waals surface area contributed by atoms with Crippen LogP contribution in [0.3, 0.4) is 0 Å². The number of benzene rings is 2. The van der Waals surface area contributed by atoms with E-state index in [1.165, 1.54) is 23.9 Å². The van der Waals surface area contributed by atoms with Gasteiger partial charge in [0.1, 0.15) is 5.82 Å². The fourth-order valence-corrected chi connectivity index (χ4v) is 6.41. The predicted molar refractivity (Wildman–Crippen MR) is 113 cm³/mol. The maximum atomic E-state index is 14.2. The number of hydrogen-bond donors (Lipinski definition) is 1. The number of nitrogens with one attached hydrogen (secondary N) is 1. The second-order valence-corrected chi connectivity index (χ2v) is 10.4. The Kier molecular flexibility index (Phi) is 5.65. The van der Waals surface area contributed by atoms with Crippen molar-refractivity contribution < 1.29 is 17.6 Å². The number of carbonyl (C=O) groups excluding carboxylic acids is 1. The quantitative estimate of drug-likeness (QED) is 0.637. The third kappa shape index (κ3) is 4.18. The molecule has 1 aromatic heterocycles. The molecule has 1 saturated heterocycles. The van der Waals surface area contributed by atoms with Gasteiger partial charge in [-0.1, -0.05) is 36.4 Å². The number of aromatic amines is 1. The number of para-hydroxylation sites is 1. The molecular weight excluding hydrogens is 411 g/mol. The molecule has 0 spiro atoms. The molecule has 8 heteroatoms. The van der Waals surface area contributed by atoms with Gasteiger partial charge in [-0.2, -0.15) is 0 Å². The first kappa shape index (κ1) is 20.0. The number of carbonyl (C=O) groups is 1. The summed E-state index contributed by atoms with van der Waals surface area (Å²) in [7, 11) is -3.53. The second kappa shape index (κ2) is 8.20. The van der Waals surface area contributed by atoms with Crippen LogP contribution in [-0.2, 0) is 14.6 Å². The number of nitrogens with zero attached hydrogens (tertiary/aromatic N) is 1. The van der Waals surface area contributed by atoms with Gasteiger partial charge < -0.3 is 9.88 Å². The Labute approximate surface area is 173 Å². The minimum atomic E-state index is -3.53. The maximum absolute atomic E-state index is 14.2. The molecule has 1 atom stereocenters. The zero-order chi connectivity index (χ0) is 20.4. The van der Waals surface area contributed by atoms with E-state index in [1.54, 1.807) is 17.0 Å². The van der Waals surface area contributed by atoms with Crippen LogP contribution in [0.25, 0.3) is 10.9 Å². The van der Waals surface area contributed by atoms with E-state index in [2.05, 4.69) is 4.98 Å². The SMILES string of the molecule is O=C(CSc1c[nH]c2ccccc12)N1CCC(c2ccccc2F)S(=O)(=O)CC1. The van der Waals surface area contributed by atoms with Crippen LogP contribution in [0.15, 0.2) is 59.6 Å². The number of hydrogen-bond acceptors (Lipinski definition) is 4. The van der Waals surface area contributed by atoms with Crippen LogP contribution in [0.2, 0.25) is 0 Å². The number of H-pyrrole nitrogens is 1. The first-order valence-electron chi connectivity index (χ1n) is 9.38. The van der Waals surface area contributed by atoms with Crippen molar-refractivity contribution in [3.05, 3.63) is 66.1 Å². The standard InChI is InChI=1S/C21H21FN2O3S2/c22-17-7-3-1-5-15(17)20-9-10-24(11-12-29(20,26)27)21(25)14-28-19-13-23-18-8-4-2-6-16(18)19/h1-8,13,20,23H,9-12,14H2. The van der Waals surface area contributed by atoms with Crippen molar-refractivity contribution in [1.82, 2.24) is 9.88 Å². The van der Waals surface area contributed by atoms with E-state index in [0.29, 0.717) is 6.54 Å². The summed E-state index contributed by atoms with van der Waals surface area (Å²) in [4.78, 5) is 18.5. The van der Waals surface area contributed by atoms with Crippen LogP contribution in [0.4, 0.5) is 4.39 Å². The highest BCUT2D eigenvalue weighted by Gasteiger charge is 2.34. The van der Waals surface area contributed by atoms with Crippen LogP contribution in [0, 0.1) is 5.82 Å². The van der Waals surface area contributed by atoms with E-state index < -0.39 is 20.9 Å². The van der Waals surface area contributed by atoms with E-state index in [-0.39, 0.29) is 35.9 Å². The molecule has 4 rings (SSSR count). The van der Waals surface area contributed by atoms with Crippen LogP contribution in [-0.4, -0.2) is 48.8 Å². The lowest BCUT2D eigenvalue weighted by Gasteiger charge is -2.20. The molecule has 1 aliphatic rings. The average Bonchev–Trinajstić information content (AvgIpc) is 3.05. The molecule has 1 fully saturated rings. The van der Waals surface area contributed by atoms with Crippen molar-refractivity contribution in [2.24, 2.45) is 0 Å². The highest BCUT2D eigenvalue weighted by molar-refractivity contribution is 8.00. The van der Waals surface area contributed by atoms with Crippen molar-refractivity contribution in [2.75, 3.05) is 24.6 Å². The third-order valence-electron chi connectivity index (χ3n) is 5.25. The van der Waals surface area contributed by atoms with Crippen molar-refractivity contribution in [1.29, 1.82) is 0 Å². The van der Waals surface area contributed by atoms with Gasteiger partial charge >= 0.3 is 0 Å². The smallest absolute Gasteiger partial charge is 0.232 e. The van der Waals surface area contributed by atoms with Gasteiger partial charge in [-0.25, -0.2) is 12.8 Å². The summed E-state index contributed by atoms with van der Waals surface area (Å²) in [5.41, 5.74) is 1.20. The van der Waals surface area contributed by atoms with Gasteiger partial charge in [0.15, 0.2) is 9.84 Å². The molecule has 2 aromatic carbocycles. The van der Waals surface area contributed by atoms with Crippen molar-refractivity contribution >= 4 is 38.4 Å². The summed E-state index contributed by atoms with van der Waals surface area (Å²) in [5, 5.41) is 0.145. The summed E-state index contributed by atoms with van der Waals surface area (Å²) in [5.74, 6) is -0.553. The van der Waals surface area contributed by atoms with Crippen LogP contribution >= 0.6 is 11.8 Å². The first-order chi connectivity index (χ1) is 14.0. The second-order valence-electron chi connectivity index (χ2n) is 7.03. The lowest BCUT2D eigenvalue weighted by Crippen LogP contribution is -2.34. The Hall–Kier alpha value is -2.32. The van der Waals surface area contributed by atoms with Gasteiger partial charge in [0.2, 0.25) is 5.91 Å². The molecule has 2 heterocycles. The fourth-order valence-electron chi connectivity index (χ4n) is 3.67. The van der Waals surface area contributed by atoms with Gasteiger partial charge in [0, 0.05) is 40.6 Å². The summed E-state index contributed by atoms with van der Waals surface area (Å²) < 4.78 is 39.6. The highest BCUT2D eigenvalue weighted by Crippen LogP contribution is 2.32. The topological polar surface area (TPSA) is 70.2 Å². The van der Waals surface area contributed by atoms with E-state index in [4.69, 9.17) is 0 Å². The zero-order valence-electron chi connectivity index (χ0n) is 15.7. The van der Waals surface area contributed by atoms with Gasteiger partial charge in [-0.15, -0.1) is 11.8 Å². The molecular formula is C21H21FN2O3S2. The highest BCUT2D eigenvalue weighted by atomic mass is 32.2. The number of aromatic nitrogens is 1. The molecule has 0 aliphatic carbocycles. The minimum Gasteiger partial charge on any atom is -0.360 e. The van der Waals surface area contributed by atoms with Crippen LogP contribution < -0.4 is 0 Å². The summed E-state index contributed by atoms with van der Waals surface area (Å²) in [6, 6.07) is 13.8. The normalized spacial score (nSPS) is 19.2. The minimum absolute atomic E-state index is 0.107. The molecule has 1 amide bonds. The Morgan fingerprint density at radius 1 is 1.14 bits per heavy atom. The zero-order valence-corrected chi connectivity index (χ0v) is 17.3. The number of sulfone groups is 1. The Morgan fingerprint density at radius 3 is 2.72 bits per heavy atom. The van der Waals surface area contributed by atoms with Gasteiger partial charge in [-0.05, 0) is 18.6 Å². The van der Waals surface area contributed by atoms with Crippen LogP contribution in [0.1, 0.15) is 17.2 Å². The van der Waals surface area contributed by atoms with Gasteiger partial charge in [0.25, 0.3) is 0 Å². The van der Waals surface area contributed by atoms with Crippen molar-refractivity contribution in [2.45, 2.75) is 16.6 Å². The Bertz CT molecular complexity index is 1140. The number of thioether (sulfide) groups is 1. The molecule has 0 bridgehead atoms. The Morgan fingerprint density at radius 2 is 1.90 bits per heavy atom. The summed E-state index contributed by atoms with van der Waals surface area (Å²) >= 11 is 1.43. The lowest BCUT2D eigenvalue weighted by molar-refractivity contribution is -0.128. The Balaban J connectivity index is 1.45. The largest absolute Gasteiger partial charge is 0.360 e. The molecule has 29 heavy (non-hydrogen) atoms. The molecule has 0 saturated carbocycles. The molecule has 0 radical (unpaired) electrons. The van der Waals surface area contributed by atoms with Crippen LogP contribution in [0.5, 0.6) is 0 Å². The molecule has 1 N–H and O–H groups in total. The van der Waals surface area contributed by atoms with Gasteiger partial charge in [0.05, 0.1) is 16.8 Å². The molecule has 152 valence electrons. The van der Waals surface area contributed by atoms with Crippen molar-refractivity contribution in [3.8, 4) is 0 Å². The summed E-state index contributed by atoms with van der Waals surface area (Å²) in [6.07, 6.45) is 2.08. The maximum Gasteiger partial charge on any atom is 0.232 e. The lowest BCUT2D eigenvalue weighted by atomic mass is 10.1. The third-order valence-corrected chi connectivity index (χ3v) is 8.40. The first-order valence-corrected chi connectivity index (χ1v) is 12.1. The van der Waals surface area contributed by atoms with E-state index >= 15 is 0 Å². The fraction of sp³-hybridized carbons (Fsp3) is 0.286. The van der Waals surface area contributed by atoms with E-state index in [9.17, 15) is 17.6 Å². The van der Waals surface area contributed by atoms with Gasteiger partial charge in [-0.3, -0.25) is 4.79 Å². The van der Waals surface area contributed by atoms with Crippen molar-refractivity contribution in [3.63, 3.8) is 0 Å². The van der Waals surface area contributed by atoms with E-state index in [0.717, 1.165) is 15.8 Å². The number of rotatable bonds is 4. The predicted octanol–water partition coefficient (Wildman–Crippen LogP) is 3.79. The number of fused-ring (bicyclic) bond motifs is 1.